The molecule has 0 aliphatic rings. The van der Waals surface area contributed by atoms with Gasteiger partial charge < -0.3 is 0 Å². The number of rotatable bonds is 9. The maximum absolute atomic E-state index is 13.7. The predicted molar refractivity (Wildman–Crippen MR) is 82.6 cm³/mol. The number of hydrogen-bond acceptors (Lipinski definition) is 3. The Morgan fingerprint density at radius 3 is 2.27 bits per heavy atom. The summed E-state index contributed by atoms with van der Waals surface area (Å²) in [5, 5.41) is 10.9. The molecule has 1 aromatic rings. The average molecular weight is 335 g/mol. The Morgan fingerprint density at radius 2 is 1.77 bits per heavy atom. The van der Waals surface area contributed by atoms with E-state index in [1.807, 2.05) is 6.92 Å². The topological polar surface area (TPSA) is 43.1 Å². The Morgan fingerprint density at radius 1 is 1.14 bits per heavy atom. The summed E-state index contributed by atoms with van der Waals surface area (Å²) in [6, 6.07) is 7.19. The van der Waals surface area contributed by atoms with Crippen LogP contribution in [0.15, 0.2) is 30.3 Å². The second-order valence-electron chi connectivity index (χ2n) is 5.09. The molecule has 0 aliphatic heterocycles. The van der Waals surface area contributed by atoms with E-state index in [1.54, 1.807) is 6.07 Å². The van der Waals surface area contributed by atoms with Crippen LogP contribution in [0.3, 0.4) is 0 Å². The third-order valence-electron chi connectivity index (χ3n) is 3.40. The minimum atomic E-state index is -4.68. The summed E-state index contributed by atoms with van der Waals surface area (Å²) in [5.74, 6) is 0.252. The number of hydrogen-bond donors (Lipinski definition) is 0. The highest BCUT2D eigenvalue weighted by molar-refractivity contribution is 8.00. The fraction of sp³-hybridized carbons (Fsp3) is 0.600. The first-order valence-electron chi connectivity index (χ1n) is 7.21. The normalized spacial score (nSPS) is 14.5. The van der Waals surface area contributed by atoms with E-state index < -0.39 is 22.4 Å². The van der Waals surface area contributed by atoms with E-state index in [9.17, 15) is 23.3 Å². The van der Waals surface area contributed by atoms with E-state index in [0.29, 0.717) is 18.2 Å². The number of halogens is 3. The van der Waals surface area contributed by atoms with E-state index in [-0.39, 0.29) is 11.3 Å². The molecule has 0 N–H and O–H groups in total. The van der Waals surface area contributed by atoms with Crippen LogP contribution >= 0.6 is 11.8 Å². The summed E-state index contributed by atoms with van der Waals surface area (Å²) in [5.41, 5.74) is -0.0558. The molecule has 0 saturated heterocycles. The van der Waals surface area contributed by atoms with Crippen LogP contribution in [-0.2, 0) is 4.75 Å². The zero-order valence-corrected chi connectivity index (χ0v) is 13.3. The lowest BCUT2D eigenvalue weighted by Crippen LogP contribution is -2.45. The van der Waals surface area contributed by atoms with Crippen molar-refractivity contribution in [1.29, 1.82) is 0 Å². The number of benzene rings is 1. The van der Waals surface area contributed by atoms with Crippen molar-refractivity contribution in [2.45, 2.75) is 43.5 Å². The highest BCUT2D eigenvalue weighted by Crippen LogP contribution is 2.50. The molecule has 0 amide bonds. The standard InChI is InChI=1S/C15H20F3NO2S/c1-2-3-4-8-11-22-14(12-19(20)21,15(16,17)18)13-9-6-5-7-10-13/h5-7,9-10H,2-4,8,11-12H2,1H3/t14-/m0/s1. The van der Waals surface area contributed by atoms with Crippen molar-refractivity contribution in [3.05, 3.63) is 46.0 Å². The van der Waals surface area contributed by atoms with Crippen LogP contribution < -0.4 is 0 Å². The van der Waals surface area contributed by atoms with Crippen LogP contribution in [-0.4, -0.2) is 23.4 Å². The van der Waals surface area contributed by atoms with Crippen LogP contribution in [0.5, 0.6) is 0 Å². The largest absolute Gasteiger partial charge is 0.413 e. The number of thioether (sulfide) groups is 1. The fourth-order valence-electron chi connectivity index (χ4n) is 2.22. The van der Waals surface area contributed by atoms with Crippen molar-refractivity contribution < 1.29 is 18.1 Å². The van der Waals surface area contributed by atoms with Crippen molar-refractivity contribution in [3.63, 3.8) is 0 Å². The molecule has 0 heterocycles. The summed E-state index contributed by atoms with van der Waals surface area (Å²) in [7, 11) is 0. The van der Waals surface area contributed by atoms with Crippen molar-refractivity contribution in [2.24, 2.45) is 0 Å². The molecule has 124 valence electrons. The first kappa shape index (κ1) is 18.8. The van der Waals surface area contributed by atoms with Crippen molar-refractivity contribution in [3.8, 4) is 0 Å². The van der Waals surface area contributed by atoms with E-state index in [2.05, 4.69) is 0 Å². The molecule has 3 nitrogen and oxygen atoms in total. The smallest absolute Gasteiger partial charge is 0.264 e. The maximum atomic E-state index is 13.7. The summed E-state index contributed by atoms with van der Waals surface area (Å²) in [6.07, 6.45) is -1.27. The van der Waals surface area contributed by atoms with Gasteiger partial charge in [-0.3, -0.25) is 10.1 Å². The third kappa shape index (κ3) is 4.90. The van der Waals surface area contributed by atoms with Crippen LogP contribution in [0.2, 0.25) is 0 Å². The fourth-order valence-corrected chi connectivity index (χ4v) is 3.58. The van der Waals surface area contributed by atoms with Gasteiger partial charge in [-0.1, -0.05) is 56.5 Å². The van der Waals surface area contributed by atoms with Gasteiger partial charge in [0.2, 0.25) is 11.3 Å². The van der Waals surface area contributed by atoms with Gasteiger partial charge in [0.1, 0.15) is 0 Å². The van der Waals surface area contributed by atoms with Crippen LogP contribution in [0, 0.1) is 10.1 Å². The second-order valence-corrected chi connectivity index (χ2v) is 6.48. The zero-order valence-electron chi connectivity index (χ0n) is 12.4. The lowest BCUT2D eigenvalue weighted by atomic mass is 9.97. The van der Waals surface area contributed by atoms with Crippen LogP contribution in [0.1, 0.15) is 38.2 Å². The Labute approximate surface area is 132 Å². The van der Waals surface area contributed by atoms with Crippen LogP contribution in [0.25, 0.3) is 0 Å². The van der Waals surface area contributed by atoms with Crippen molar-refractivity contribution in [2.75, 3.05) is 12.3 Å². The molecule has 0 bridgehead atoms. The lowest BCUT2D eigenvalue weighted by Gasteiger charge is -2.32. The van der Waals surface area contributed by atoms with E-state index in [4.69, 9.17) is 0 Å². The van der Waals surface area contributed by atoms with Gasteiger partial charge >= 0.3 is 6.18 Å². The van der Waals surface area contributed by atoms with Crippen LogP contribution in [0.4, 0.5) is 13.2 Å². The van der Waals surface area contributed by atoms with E-state index >= 15 is 0 Å². The molecular weight excluding hydrogens is 315 g/mol. The number of nitro groups is 1. The lowest BCUT2D eigenvalue weighted by molar-refractivity contribution is -0.494. The highest BCUT2D eigenvalue weighted by atomic mass is 32.2. The molecule has 1 atom stereocenters. The molecule has 0 saturated carbocycles. The molecule has 0 spiro atoms. The SMILES string of the molecule is CCCCCCS[C@@](C[N+](=O)[O-])(c1ccccc1)C(F)(F)F. The summed E-state index contributed by atoms with van der Waals surface area (Å²) in [6.45, 7) is 0.864. The van der Waals surface area contributed by atoms with Crippen molar-refractivity contribution in [1.82, 2.24) is 0 Å². The molecule has 1 aromatic carbocycles. The Bertz CT molecular complexity index is 468. The molecule has 0 aromatic heterocycles. The molecule has 0 fully saturated rings. The zero-order chi connectivity index (χ0) is 16.6. The number of unbranched alkanes of at least 4 members (excludes halogenated alkanes) is 3. The summed E-state index contributed by atoms with van der Waals surface area (Å²) >= 11 is 0.641. The first-order chi connectivity index (χ1) is 10.3. The summed E-state index contributed by atoms with van der Waals surface area (Å²) in [4.78, 5) is 9.99. The number of alkyl halides is 3. The van der Waals surface area contributed by atoms with Gasteiger partial charge in [0, 0.05) is 4.92 Å². The third-order valence-corrected chi connectivity index (χ3v) is 4.98. The molecule has 0 unspecified atom stereocenters. The Balaban J connectivity index is 3.03. The van der Waals surface area contributed by atoms with Gasteiger partial charge in [-0.25, -0.2) is 0 Å². The second kappa shape index (κ2) is 8.41. The Kier molecular flexibility index (Phi) is 7.19. The molecular formula is C15H20F3NO2S. The number of nitrogens with zero attached hydrogens (tertiary/aromatic N) is 1. The van der Waals surface area contributed by atoms with Gasteiger partial charge in [0.05, 0.1) is 0 Å². The minimum absolute atomic E-state index is 0.0558. The van der Waals surface area contributed by atoms with E-state index in [1.165, 1.54) is 24.3 Å². The highest BCUT2D eigenvalue weighted by Gasteiger charge is 2.60. The molecule has 0 aliphatic carbocycles. The molecule has 7 heteroatoms. The molecule has 22 heavy (non-hydrogen) atoms. The predicted octanol–water partition coefficient (Wildman–Crippen LogP) is 5.03. The van der Waals surface area contributed by atoms with Gasteiger partial charge in [-0.2, -0.15) is 13.2 Å². The molecule has 1 rings (SSSR count). The maximum Gasteiger partial charge on any atom is 0.413 e. The average Bonchev–Trinajstić information content (AvgIpc) is 2.45. The van der Waals surface area contributed by atoms with Gasteiger partial charge in [-0.05, 0) is 17.7 Å². The minimum Gasteiger partial charge on any atom is -0.264 e. The quantitative estimate of drug-likeness (QED) is 0.361. The monoisotopic (exact) mass is 335 g/mol. The van der Waals surface area contributed by atoms with Gasteiger partial charge in [0.15, 0.2) is 0 Å². The van der Waals surface area contributed by atoms with Gasteiger partial charge in [0.25, 0.3) is 0 Å². The summed E-state index contributed by atoms with van der Waals surface area (Å²) < 4.78 is 38.5. The van der Waals surface area contributed by atoms with Gasteiger partial charge in [-0.15, -0.1) is 11.8 Å². The Hall–Kier alpha value is -1.24. The van der Waals surface area contributed by atoms with Crippen molar-refractivity contribution >= 4 is 11.8 Å². The van der Waals surface area contributed by atoms with E-state index in [0.717, 1.165) is 19.3 Å². The molecule has 0 radical (unpaired) electrons. The first-order valence-corrected chi connectivity index (χ1v) is 8.20.